The van der Waals surface area contributed by atoms with Gasteiger partial charge in [0.25, 0.3) is 0 Å². The average Bonchev–Trinajstić information content (AvgIpc) is 2.75. The van der Waals surface area contributed by atoms with Crippen molar-refractivity contribution in [3.05, 3.63) is 29.8 Å². The smallest absolute Gasteiger partial charge is 0.0567 e. The van der Waals surface area contributed by atoms with Gasteiger partial charge in [0.05, 0.1) is 10.6 Å². The van der Waals surface area contributed by atoms with E-state index in [1.165, 1.54) is 6.20 Å². The highest BCUT2D eigenvalue weighted by Crippen LogP contribution is 2.24. The molecule has 13 heavy (non-hydrogen) atoms. The van der Waals surface area contributed by atoms with Crippen molar-refractivity contribution in [1.29, 1.82) is 0 Å². The summed E-state index contributed by atoms with van der Waals surface area (Å²) in [5, 5.41) is 1.95. The first kappa shape index (κ1) is 8.68. The van der Waals surface area contributed by atoms with Crippen LogP contribution in [0, 0.1) is 0 Å². The molecular formula is C8H6NO2S2-. The molecular weight excluding hydrogens is 206 g/mol. The Morgan fingerprint density at radius 1 is 1.54 bits per heavy atom. The standard InChI is InChI=1S/C8H7NO2S2/c10-13(11)6-4-7(9-5-6)8-2-1-3-12-8/h1-5,9H,(H,10,11)/p-1. The van der Waals surface area contributed by atoms with Gasteiger partial charge in [0, 0.05) is 11.1 Å². The first-order valence-corrected chi connectivity index (χ1v) is 5.54. The lowest BCUT2D eigenvalue weighted by molar-refractivity contribution is 0.537. The van der Waals surface area contributed by atoms with Crippen molar-refractivity contribution < 1.29 is 8.76 Å². The predicted octanol–water partition coefficient (Wildman–Crippen LogP) is 1.98. The van der Waals surface area contributed by atoms with E-state index in [0.717, 1.165) is 10.6 Å². The summed E-state index contributed by atoms with van der Waals surface area (Å²) in [6.07, 6.45) is 1.48. The number of aromatic nitrogens is 1. The van der Waals surface area contributed by atoms with E-state index in [1.54, 1.807) is 17.4 Å². The summed E-state index contributed by atoms with van der Waals surface area (Å²) < 4.78 is 21.1. The van der Waals surface area contributed by atoms with E-state index in [0.29, 0.717) is 4.90 Å². The third-order valence-electron chi connectivity index (χ3n) is 1.64. The van der Waals surface area contributed by atoms with Gasteiger partial charge in [0.15, 0.2) is 0 Å². The summed E-state index contributed by atoms with van der Waals surface area (Å²) in [5.41, 5.74) is 0.842. The lowest BCUT2D eigenvalue weighted by Crippen LogP contribution is -1.82. The van der Waals surface area contributed by atoms with E-state index in [4.69, 9.17) is 0 Å². The fraction of sp³-hybridized carbons (Fsp3) is 0. The SMILES string of the molecule is O=S([O-])c1c[nH]c(-c2cccs2)c1. The first-order chi connectivity index (χ1) is 6.27. The molecule has 3 nitrogen and oxygen atoms in total. The molecule has 5 heteroatoms. The number of hydrogen-bond donors (Lipinski definition) is 1. The van der Waals surface area contributed by atoms with Crippen LogP contribution < -0.4 is 0 Å². The number of H-pyrrole nitrogens is 1. The highest BCUT2D eigenvalue weighted by molar-refractivity contribution is 7.79. The molecule has 2 rings (SSSR count). The van der Waals surface area contributed by atoms with Gasteiger partial charge < -0.3 is 9.54 Å². The number of nitrogens with one attached hydrogen (secondary N) is 1. The molecule has 0 saturated heterocycles. The molecule has 1 atom stereocenters. The van der Waals surface area contributed by atoms with Crippen LogP contribution in [0.3, 0.4) is 0 Å². The largest absolute Gasteiger partial charge is 0.768 e. The molecule has 0 saturated carbocycles. The highest BCUT2D eigenvalue weighted by atomic mass is 32.2. The Balaban J connectivity index is 2.39. The third kappa shape index (κ3) is 1.72. The molecule has 2 aromatic rings. The van der Waals surface area contributed by atoms with E-state index in [1.807, 2.05) is 17.5 Å². The summed E-state index contributed by atoms with van der Waals surface area (Å²) in [4.78, 5) is 4.24. The molecule has 1 N–H and O–H groups in total. The Bertz CT molecular complexity index is 419. The Morgan fingerprint density at radius 3 is 2.92 bits per heavy atom. The van der Waals surface area contributed by atoms with Crippen LogP contribution in [0.4, 0.5) is 0 Å². The number of hydrogen-bond acceptors (Lipinski definition) is 3. The van der Waals surface area contributed by atoms with Crippen molar-refractivity contribution in [3.63, 3.8) is 0 Å². The molecule has 0 radical (unpaired) electrons. The van der Waals surface area contributed by atoms with E-state index in [2.05, 4.69) is 4.98 Å². The van der Waals surface area contributed by atoms with Crippen molar-refractivity contribution in [2.75, 3.05) is 0 Å². The van der Waals surface area contributed by atoms with Crippen LogP contribution in [0.15, 0.2) is 34.7 Å². The Morgan fingerprint density at radius 2 is 2.38 bits per heavy atom. The van der Waals surface area contributed by atoms with Crippen molar-refractivity contribution in [1.82, 2.24) is 4.98 Å². The van der Waals surface area contributed by atoms with Crippen LogP contribution in [0.25, 0.3) is 10.6 Å². The number of rotatable bonds is 2. The van der Waals surface area contributed by atoms with E-state index in [9.17, 15) is 8.76 Å². The van der Waals surface area contributed by atoms with E-state index >= 15 is 0 Å². The van der Waals surface area contributed by atoms with Gasteiger partial charge in [-0.05, 0) is 28.6 Å². The minimum Gasteiger partial charge on any atom is -0.768 e. The molecule has 2 heterocycles. The molecule has 0 amide bonds. The molecule has 68 valence electrons. The average molecular weight is 212 g/mol. The molecule has 0 aromatic carbocycles. The molecule has 0 fully saturated rings. The fourth-order valence-electron chi connectivity index (χ4n) is 1.04. The quantitative estimate of drug-likeness (QED) is 0.774. The van der Waals surface area contributed by atoms with Gasteiger partial charge >= 0.3 is 0 Å². The Kier molecular flexibility index (Phi) is 2.30. The maximum atomic E-state index is 10.6. The summed E-state index contributed by atoms with van der Waals surface area (Å²) in [6, 6.07) is 5.48. The Labute approximate surface area is 81.7 Å². The highest BCUT2D eigenvalue weighted by Gasteiger charge is 2.02. The minimum atomic E-state index is -2.15. The third-order valence-corrected chi connectivity index (χ3v) is 3.16. The minimum absolute atomic E-state index is 0.295. The lowest BCUT2D eigenvalue weighted by Gasteiger charge is -1.97. The second-order valence-electron chi connectivity index (χ2n) is 2.46. The van der Waals surface area contributed by atoms with Crippen LogP contribution in [0.2, 0.25) is 0 Å². The van der Waals surface area contributed by atoms with Gasteiger partial charge in [-0.25, -0.2) is 0 Å². The van der Waals surface area contributed by atoms with Gasteiger partial charge in [0.1, 0.15) is 0 Å². The fourth-order valence-corrected chi connectivity index (χ4v) is 2.12. The van der Waals surface area contributed by atoms with Crippen molar-refractivity contribution in [2.24, 2.45) is 0 Å². The number of thiophene rings is 1. The van der Waals surface area contributed by atoms with Gasteiger partial charge in [-0.3, -0.25) is 4.21 Å². The molecule has 1 unspecified atom stereocenters. The van der Waals surface area contributed by atoms with Crippen LogP contribution in [-0.2, 0) is 11.1 Å². The van der Waals surface area contributed by atoms with Crippen molar-refractivity contribution in [3.8, 4) is 10.6 Å². The zero-order valence-electron chi connectivity index (χ0n) is 6.52. The van der Waals surface area contributed by atoms with Gasteiger partial charge in [0.2, 0.25) is 0 Å². The second kappa shape index (κ2) is 3.45. The maximum absolute atomic E-state index is 10.6. The topological polar surface area (TPSA) is 55.9 Å². The van der Waals surface area contributed by atoms with E-state index < -0.39 is 11.1 Å². The zero-order valence-corrected chi connectivity index (χ0v) is 8.15. The summed E-state index contributed by atoms with van der Waals surface area (Å²) in [6.45, 7) is 0. The monoisotopic (exact) mass is 212 g/mol. The normalized spacial score (nSPS) is 13.0. The van der Waals surface area contributed by atoms with Crippen LogP contribution >= 0.6 is 11.3 Å². The second-order valence-corrected chi connectivity index (χ2v) is 4.35. The maximum Gasteiger partial charge on any atom is 0.0567 e. The van der Waals surface area contributed by atoms with Gasteiger partial charge in [-0.2, -0.15) is 0 Å². The molecule has 2 aromatic heterocycles. The molecule has 0 aliphatic rings. The van der Waals surface area contributed by atoms with Crippen LogP contribution in [0.5, 0.6) is 0 Å². The van der Waals surface area contributed by atoms with Crippen LogP contribution in [-0.4, -0.2) is 13.7 Å². The molecule has 0 aliphatic heterocycles. The van der Waals surface area contributed by atoms with Gasteiger partial charge in [-0.1, -0.05) is 6.07 Å². The first-order valence-electron chi connectivity index (χ1n) is 3.59. The van der Waals surface area contributed by atoms with E-state index in [-0.39, 0.29) is 0 Å². The predicted molar refractivity (Wildman–Crippen MR) is 51.3 cm³/mol. The van der Waals surface area contributed by atoms with Crippen molar-refractivity contribution >= 4 is 22.4 Å². The zero-order chi connectivity index (χ0) is 9.26. The Hall–Kier alpha value is -0.910. The van der Waals surface area contributed by atoms with Crippen molar-refractivity contribution in [2.45, 2.75) is 4.90 Å². The molecule has 0 bridgehead atoms. The summed E-state index contributed by atoms with van der Waals surface area (Å²) in [5.74, 6) is 0. The summed E-state index contributed by atoms with van der Waals surface area (Å²) in [7, 11) is 0. The van der Waals surface area contributed by atoms with Gasteiger partial charge in [-0.15, -0.1) is 11.3 Å². The molecule has 0 spiro atoms. The molecule has 0 aliphatic carbocycles. The summed E-state index contributed by atoms with van der Waals surface area (Å²) >= 11 is -0.578. The van der Waals surface area contributed by atoms with Crippen LogP contribution in [0.1, 0.15) is 0 Å². The lowest BCUT2D eigenvalue weighted by atomic mass is 10.3. The number of aromatic amines is 1.